The van der Waals surface area contributed by atoms with Crippen molar-refractivity contribution in [3.63, 3.8) is 0 Å². The molecule has 2 N–H and O–H groups in total. The van der Waals surface area contributed by atoms with Gasteiger partial charge >= 0.3 is 12.0 Å². The molecule has 1 fully saturated rings. The standard InChI is InChI=1S/C12H20N2O4/c1-2-14(8-9-6-7-9)12(18)13-10(15)4-3-5-11(16)17/h9H,2-8H2,1H3,(H,16,17)(H,13,15,18). The summed E-state index contributed by atoms with van der Waals surface area (Å²) in [5, 5.41) is 10.7. The van der Waals surface area contributed by atoms with E-state index in [-0.39, 0.29) is 25.3 Å². The third-order valence-corrected chi connectivity index (χ3v) is 2.89. The van der Waals surface area contributed by atoms with Crippen LogP contribution in [0, 0.1) is 5.92 Å². The van der Waals surface area contributed by atoms with E-state index < -0.39 is 11.9 Å². The third-order valence-electron chi connectivity index (χ3n) is 2.89. The smallest absolute Gasteiger partial charge is 0.324 e. The van der Waals surface area contributed by atoms with E-state index >= 15 is 0 Å². The van der Waals surface area contributed by atoms with Crippen LogP contribution in [0.15, 0.2) is 0 Å². The molecule has 1 aliphatic rings. The summed E-state index contributed by atoms with van der Waals surface area (Å²) in [6.07, 6.45) is 2.57. The second-order valence-electron chi connectivity index (χ2n) is 4.58. The molecule has 3 amide bonds. The number of nitrogens with zero attached hydrogens (tertiary/aromatic N) is 1. The Morgan fingerprint density at radius 2 is 1.94 bits per heavy atom. The van der Waals surface area contributed by atoms with Gasteiger partial charge in [-0.1, -0.05) is 0 Å². The fourth-order valence-corrected chi connectivity index (χ4v) is 1.63. The molecule has 18 heavy (non-hydrogen) atoms. The molecule has 6 nitrogen and oxygen atoms in total. The maximum Gasteiger partial charge on any atom is 0.324 e. The summed E-state index contributed by atoms with van der Waals surface area (Å²) in [5.74, 6) is -0.758. The Morgan fingerprint density at radius 3 is 2.44 bits per heavy atom. The molecular weight excluding hydrogens is 236 g/mol. The number of amides is 3. The van der Waals surface area contributed by atoms with Gasteiger partial charge in [-0.15, -0.1) is 0 Å². The zero-order chi connectivity index (χ0) is 13.5. The maximum atomic E-state index is 11.7. The van der Waals surface area contributed by atoms with Crippen molar-refractivity contribution in [1.82, 2.24) is 10.2 Å². The van der Waals surface area contributed by atoms with Crippen LogP contribution in [0.5, 0.6) is 0 Å². The second kappa shape index (κ2) is 6.98. The number of nitrogens with one attached hydrogen (secondary N) is 1. The Hall–Kier alpha value is -1.59. The number of carboxylic acids is 1. The molecule has 0 bridgehead atoms. The van der Waals surface area contributed by atoms with Gasteiger partial charge in [-0.25, -0.2) is 4.79 Å². The Kier molecular flexibility index (Phi) is 5.61. The number of carbonyl (C=O) groups is 3. The van der Waals surface area contributed by atoms with Crippen LogP contribution in [-0.4, -0.2) is 41.0 Å². The van der Waals surface area contributed by atoms with E-state index in [1.165, 1.54) is 0 Å². The van der Waals surface area contributed by atoms with Gasteiger partial charge in [-0.2, -0.15) is 0 Å². The molecule has 0 heterocycles. The number of hydrogen-bond donors (Lipinski definition) is 2. The van der Waals surface area contributed by atoms with Crippen LogP contribution < -0.4 is 5.32 Å². The number of carboxylic acid groups (broad SMARTS) is 1. The van der Waals surface area contributed by atoms with Gasteiger partial charge in [0, 0.05) is 25.9 Å². The summed E-state index contributed by atoms with van der Waals surface area (Å²) >= 11 is 0. The topological polar surface area (TPSA) is 86.7 Å². The first-order valence-electron chi connectivity index (χ1n) is 6.33. The molecule has 1 saturated carbocycles. The van der Waals surface area contributed by atoms with Crippen molar-refractivity contribution in [1.29, 1.82) is 0 Å². The van der Waals surface area contributed by atoms with Crippen LogP contribution >= 0.6 is 0 Å². The van der Waals surface area contributed by atoms with Gasteiger partial charge in [0.2, 0.25) is 5.91 Å². The molecule has 0 atom stereocenters. The average Bonchev–Trinajstić information content (AvgIpc) is 3.08. The molecule has 0 unspecified atom stereocenters. The molecule has 0 spiro atoms. The van der Waals surface area contributed by atoms with Gasteiger partial charge in [0.15, 0.2) is 0 Å². The first kappa shape index (κ1) is 14.5. The summed E-state index contributed by atoms with van der Waals surface area (Å²) in [4.78, 5) is 35.0. The number of urea groups is 1. The molecule has 0 aliphatic heterocycles. The van der Waals surface area contributed by atoms with Crippen molar-refractivity contribution >= 4 is 17.9 Å². The van der Waals surface area contributed by atoms with Gasteiger partial charge in [-0.3, -0.25) is 14.9 Å². The van der Waals surface area contributed by atoms with Crippen LogP contribution in [0.3, 0.4) is 0 Å². The Bertz CT molecular complexity index is 326. The quantitative estimate of drug-likeness (QED) is 0.716. The molecule has 102 valence electrons. The summed E-state index contributed by atoms with van der Waals surface area (Å²) in [6.45, 7) is 3.15. The van der Waals surface area contributed by atoms with Crippen LogP contribution in [0.4, 0.5) is 4.79 Å². The van der Waals surface area contributed by atoms with Crippen LogP contribution in [0.1, 0.15) is 39.0 Å². The molecule has 6 heteroatoms. The summed E-state index contributed by atoms with van der Waals surface area (Å²) in [5.41, 5.74) is 0. The first-order chi connectivity index (χ1) is 8.52. The van der Waals surface area contributed by atoms with Crippen molar-refractivity contribution in [2.24, 2.45) is 5.92 Å². The predicted octanol–water partition coefficient (Wildman–Crippen LogP) is 1.21. The van der Waals surface area contributed by atoms with Gasteiger partial charge in [0.05, 0.1) is 0 Å². The van der Waals surface area contributed by atoms with E-state index in [9.17, 15) is 14.4 Å². The van der Waals surface area contributed by atoms with Crippen LogP contribution in [0.25, 0.3) is 0 Å². The lowest BCUT2D eigenvalue weighted by Gasteiger charge is -2.20. The highest BCUT2D eigenvalue weighted by atomic mass is 16.4. The fourth-order valence-electron chi connectivity index (χ4n) is 1.63. The van der Waals surface area contributed by atoms with Crippen LogP contribution in [-0.2, 0) is 9.59 Å². The average molecular weight is 256 g/mol. The lowest BCUT2D eigenvalue weighted by atomic mass is 10.2. The second-order valence-corrected chi connectivity index (χ2v) is 4.58. The predicted molar refractivity (Wildman–Crippen MR) is 65.0 cm³/mol. The van der Waals surface area contributed by atoms with E-state index in [0.29, 0.717) is 19.0 Å². The molecule has 0 radical (unpaired) electrons. The number of carbonyl (C=O) groups excluding carboxylic acids is 2. The Balaban J connectivity index is 2.23. The highest BCUT2D eigenvalue weighted by Crippen LogP contribution is 2.29. The number of aliphatic carboxylic acids is 1. The lowest BCUT2D eigenvalue weighted by Crippen LogP contribution is -2.43. The minimum atomic E-state index is -0.932. The van der Waals surface area contributed by atoms with Gasteiger partial charge < -0.3 is 10.0 Å². The van der Waals surface area contributed by atoms with Gasteiger partial charge in [-0.05, 0) is 32.1 Å². The summed E-state index contributed by atoms with van der Waals surface area (Å²) in [7, 11) is 0. The minimum Gasteiger partial charge on any atom is -0.481 e. The maximum absolute atomic E-state index is 11.7. The van der Waals surface area contributed by atoms with Crippen molar-refractivity contribution in [3.05, 3.63) is 0 Å². The Labute approximate surface area is 106 Å². The van der Waals surface area contributed by atoms with E-state index in [2.05, 4.69) is 5.32 Å². The number of imide groups is 1. The van der Waals surface area contributed by atoms with Crippen molar-refractivity contribution in [2.75, 3.05) is 13.1 Å². The molecular formula is C12H20N2O4. The molecule has 0 aromatic rings. The van der Waals surface area contributed by atoms with Crippen molar-refractivity contribution < 1.29 is 19.5 Å². The summed E-state index contributed by atoms with van der Waals surface area (Å²) in [6, 6.07) is -0.371. The van der Waals surface area contributed by atoms with E-state index in [4.69, 9.17) is 5.11 Å². The molecule has 0 aromatic heterocycles. The lowest BCUT2D eigenvalue weighted by molar-refractivity contribution is -0.137. The normalized spacial score (nSPS) is 14.1. The zero-order valence-electron chi connectivity index (χ0n) is 10.6. The molecule has 0 saturated heterocycles. The number of rotatable bonds is 7. The SMILES string of the molecule is CCN(CC1CC1)C(=O)NC(=O)CCCC(=O)O. The van der Waals surface area contributed by atoms with E-state index in [0.717, 1.165) is 12.8 Å². The highest BCUT2D eigenvalue weighted by molar-refractivity contribution is 5.94. The van der Waals surface area contributed by atoms with Gasteiger partial charge in [0.25, 0.3) is 0 Å². The monoisotopic (exact) mass is 256 g/mol. The molecule has 1 aliphatic carbocycles. The van der Waals surface area contributed by atoms with E-state index in [1.807, 2.05) is 6.92 Å². The highest BCUT2D eigenvalue weighted by Gasteiger charge is 2.26. The summed E-state index contributed by atoms with van der Waals surface area (Å²) < 4.78 is 0. The van der Waals surface area contributed by atoms with Crippen LogP contribution in [0.2, 0.25) is 0 Å². The largest absolute Gasteiger partial charge is 0.481 e. The molecule has 0 aromatic carbocycles. The minimum absolute atomic E-state index is 0.0544. The fraction of sp³-hybridized carbons (Fsp3) is 0.750. The third kappa shape index (κ3) is 5.65. The first-order valence-corrected chi connectivity index (χ1v) is 6.33. The van der Waals surface area contributed by atoms with Crippen molar-refractivity contribution in [2.45, 2.75) is 39.0 Å². The zero-order valence-corrected chi connectivity index (χ0v) is 10.6. The number of hydrogen-bond acceptors (Lipinski definition) is 3. The van der Waals surface area contributed by atoms with Crippen molar-refractivity contribution in [3.8, 4) is 0 Å². The van der Waals surface area contributed by atoms with Gasteiger partial charge in [0.1, 0.15) is 0 Å². The van der Waals surface area contributed by atoms with E-state index in [1.54, 1.807) is 4.90 Å². The molecule has 1 rings (SSSR count). The Morgan fingerprint density at radius 1 is 1.28 bits per heavy atom.